The van der Waals surface area contributed by atoms with E-state index in [9.17, 15) is 0 Å². The zero-order valence-corrected chi connectivity index (χ0v) is 11.5. The van der Waals surface area contributed by atoms with Crippen molar-refractivity contribution in [3.63, 3.8) is 0 Å². The molecule has 2 rings (SSSR count). The number of hydrogen-bond acceptors (Lipinski definition) is 7. The van der Waals surface area contributed by atoms with Gasteiger partial charge in [0.15, 0.2) is 0 Å². The Morgan fingerprint density at radius 2 is 1.84 bits per heavy atom. The molecule has 0 bridgehead atoms. The molecule has 7 heteroatoms. The smallest absolute Gasteiger partial charge is 0.324 e. The number of ether oxygens (including phenoxy) is 3. The lowest BCUT2D eigenvalue weighted by Gasteiger charge is -2.22. The van der Waals surface area contributed by atoms with Gasteiger partial charge >= 0.3 is 12.0 Å². The Labute approximate surface area is 112 Å². The molecule has 1 N–H and O–H groups in total. The standard InChI is InChI=1S/C12H20N4O3/c1-8(2)18-11-14-10(13-3)15-12(16-11)19-9-4-6-17-7-5-9/h8-9H,4-7H2,1-3H3,(H,13,14,15,16). The zero-order valence-electron chi connectivity index (χ0n) is 11.5. The molecule has 0 unspecified atom stereocenters. The van der Waals surface area contributed by atoms with Crippen LogP contribution >= 0.6 is 0 Å². The van der Waals surface area contributed by atoms with Gasteiger partial charge in [-0.15, -0.1) is 4.98 Å². The molecule has 0 aromatic carbocycles. The minimum Gasteiger partial charge on any atom is -0.461 e. The highest BCUT2D eigenvalue weighted by Crippen LogP contribution is 2.18. The summed E-state index contributed by atoms with van der Waals surface area (Å²) in [7, 11) is 1.74. The lowest BCUT2D eigenvalue weighted by atomic mass is 10.2. The van der Waals surface area contributed by atoms with Crippen molar-refractivity contribution in [1.82, 2.24) is 15.0 Å². The van der Waals surface area contributed by atoms with Gasteiger partial charge in [-0.25, -0.2) is 0 Å². The van der Waals surface area contributed by atoms with Crippen molar-refractivity contribution >= 4 is 5.95 Å². The summed E-state index contributed by atoms with van der Waals surface area (Å²) in [5.74, 6) is 0.438. The van der Waals surface area contributed by atoms with Gasteiger partial charge in [0.2, 0.25) is 5.95 Å². The summed E-state index contributed by atoms with van der Waals surface area (Å²) in [6.07, 6.45) is 1.79. The first-order valence-corrected chi connectivity index (χ1v) is 6.52. The number of nitrogens with one attached hydrogen (secondary N) is 1. The molecule has 1 fully saturated rings. The molecule has 1 aromatic heterocycles. The van der Waals surface area contributed by atoms with Crippen molar-refractivity contribution in [2.75, 3.05) is 25.6 Å². The highest BCUT2D eigenvalue weighted by Gasteiger charge is 2.18. The molecule has 0 atom stereocenters. The Kier molecular flexibility index (Phi) is 4.73. The Morgan fingerprint density at radius 1 is 1.16 bits per heavy atom. The molecule has 7 nitrogen and oxygen atoms in total. The fourth-order valence-electron chi connectivity index (χ4n) is 1.71. The van der Waals surface area contributed by atoms with Crippen molar-refractivity contribution in [2.24, 2.45) is 0 Å². The topological polar surface area (TPSA) is 78.4 Å². The van der Waals surface area contributed by atoms with Crippen LogP contribution < -0.4 is 14.8 Å². The summed E-state index contributed by atoms with van der Waals surface area (Å²) < 4.78 is 16.5. The minimum atomic E-state index is 0.00281. The average molecular weight is 268 g/mol. The Balaban J connectivity index is 2.09. The van der Waals surface area contributed by atoms with Crippen molar-refractivity contribution < 1.29 is 14.2 Å². The maximum Gasteiger partial charge on any atom is 0.324 e. The highest BCUT2D eigenvalue weighted by molar-refractivity contribution is 5.26. The second-order valence-electron chi connectivity index (χ2n) is 4.57. The summed E-state index contributed by atoms with van der Waals surface area (Å²) in [5, 5.41) is 2.87. The van der Waals surface area contributed by atoms with E-state index in [1.54, 1.807) is 7.05 Å². The van der Waals surface area contributed by atoms with Crippen LogP contribution in [-0.2, 0) is 4.74 Å². The number of rotatable bonds is 5. The van der Waals surface area contributed by atoms with E-state index in [1.165, 1.54) is 0 Å². The van der Waals surface area contributed by atoms with Gasteiger partial charge in [-0.1, -0.05) is 0 Å². The summed E-state index contributed by atoms with van der Waals surface area (Å²) in [6, 6.07) is 0.568. The van der Waals surface area contributed by atoms with Crippen molar-refractivity contribution in [3.05, 3.63) is 0 Å². The van der Waals surface area contributed by atoms with Crippen LogP contribution in [0.5, 0.6) is 12.0 Å². The predicted octanol–water partition coefficient (Wildman–Crippen LogP) is 1.26. The first kappa shape index (κ1) is 13.8. The maximum atomic E-state index is 5.76. The number of aromatic nitrogens is 3. The van der Waals surface area contributed by atoms with Gasteiger partial charge in [0, 0.05) is 19.9 Å². The van der Waals surface area contributed by atoms with Gasteiger partial charge in [-0.3, -0.25) is 0 Å². The Bertz CT molecular complexity index is 408. The lowest BCUT2D eigenvalue weighted by Crippen LogP contribution is -2.27. The lowest BCUT2D eigenvalue weighted by molar-refractivity contribution is 0.0212. The molecule has 2 heterocycles. The summed E-state index contributed by atoms with van der Waals surface area (Å²) in [4.78, 5) is 12.5. The maximum absolute atomic E-state index is 5.76. The average Bonchev–Trinajstić information content (AvgIpc) is 2.38. The van der Waals surface area contributed by atoms with E-state index in [0.717, 1.165) is 12.8 Å². The van der Waals surface area contributed by atoms with E-state index in [1.807, 2.05) is 13.8 Å². The normalized spacial score (nSPS) is 16.4. The fraction of sp³-hybridized carbons (Fsp3) is 0.750. The van der Waals surface area contributed by atoms with Crippen molar-refractivity contribution in [3.8, 4) is 12.0 Å². The van der Waals surface area contributed by atoms with Gasteiger partial charge in [-0.2, -0.15) is 9.97 Å². The molecule has 1 saturated heterocycles. The van der Waals surface area contributed by atoms with Gasteiger partial charge in [0.1, 0.15) is 6.10 Å². The first-order valence-electron chi connectivity index (χ1n) is 6.52. The van der Waals surface area contributed by atoms with Crippen LogP contribution in [0.1, 0.15) is 26.7 Å². The molecule has 0 spiro atoms. The SMILES string of the molecule is CNc1nc(OC(C)C)nc(OC2CCOCC2)n1. The third-order valence-corrected chi connectivity index (χ3v) is 2.60. The molecule has 1 aromatic rings. The molecule has 19 heavy (non-hydrogen) atoms. The molecular formula is C12H20N4O3. The quantitative estimate of drug-likeness (QED) is 0.861. The molecule has 0 radical (unpaired) electrons. The summed E-state index contributed by atoms with van der Waals surface area (Å²) >= 11 is 0. The van der Waals surface area contributed by atoms with Crippen LogP contribution in [0.25, 0.3) is 0 Å². The van der Waals surface area contributed by atoms with Crippen LogP contribution in [0.3, 0.4) is 0 Å². The molecule has 0 saturated carbocycles. The Hall–Kier alpha value is -1.63. The van der Waals surface area contributed by atoms with Crippen LogP contribution in [0.15, 0.2) is 0 Å². The van der Waals surface area contributed by atoms with Crippen LogP contribution in [0, 0.1) is 0 Å². The molecule has 1 aliphatic rings. The van der Waals surface area contributed by atoms with E-state index in [0.29, 0.717) is 25.2 Å². The largest absolute Gasteiger partial charge is 0.461 e. The van der Waals surface area contributed by atoms with E-state index in [4.69, 9.17) is 14.2 Å². The van der Waals surface area contributed by atoms with E-state index >= 15 is 0 Å². The van der Waals surface area contributed by atoms with Crippen LogP contribution in [0.2, 0.25) is 0 Å². The second kappa shape index (κ2) is 6.51. The van der Waals surface area contributed by atoms with Gasteiger partial charge in [0.05, 0.1) is 19.3 Å². The van der Waals surface area contributed by atoms with Crippen molar-refractivity contribution in [1.29, 1.82) is 0 Å². The predicted molar refractivity (Wildman–Crippen MR) is 69.6 cm³/mol. The van der Waals surface area contributed by atoms with Gasteiger partial charge in [0.25, 0.3) is 0 Å². The van der Waals surface area contributed by atoms with Gasteiger partial charge < -0.3 is 19.5 Å². The molecule has 0 aliphatic carbocycles. The molecule has 0 amide bonds. The van der Waals surface area contributed by atoms with E-state index in [-0.39, 0.29) is 18.2 Å². The molecule has 106 valence electrons. The zero-order chi connectivity index (χ0) is 13.7. The van der Waals surface area contributed by atoms with Crippen molar-refractivity contribution in [2.45, 2.75) is 38.9 Å². The summed E-state index contributed by atoms with van der Waals surface area (Å²) in [6.45, 7) is 5.26. The third-order valence-electron chi connectivity index (χ3n) is 2.60. The second-order valence-corrected chi connectivity index (χ2v) is 4.57. The van der Waals surface area contributed by atoms with E-state index in [2.05, 4.69) is 20.3 Å². The number of nitrogens with zero attached hydrogens (tertiary/aromatic N) is 3. The molecule has 1 aliphatic heterocycles. The molecular weight excluding hydrogens is 248 g/mol. The fourth-order valence-corrected chi connectivity index (χ4v) is 1.71. The first-order chi connectivity index (χ1) is 9.17. The van der Waals surface area contributed by atoms with Crippen LogP contribution in [0.4, 0.5) is 5.95 Å². The monoisotopic (exact) mass is 268 g/mol. The summed E-state index contributed by atoms with van der Waals surface area (Å²) in [5.41, 5.74) is 0. The third kappa shape index (κ3) is 4.20. The minimum absolute atomic E-state index is 0.00281. The van der Waals surface area contributed by atoms with Gasteiger partial charge in [-0.05, 0) is 13.8 Å². The number of hydrogen-bond donors (Lipinski definition) is 1. The highest BCUT2D eigenvalue weighted by atomic mass is 16.5. The number of anilines is 1. The van der Waals surface area contributed by atoms with Crippen LogP contribution in [-0.4, -0.2) is 47.4 Å². The Morgan fingerprint density at radius 3 is 2.47 bits per heavy atom. The van der Waals surface area contributed by atoms with E-state index < -0.39 is 0 Å².